The van der Waals surface area contributed by atoms with Crippen LogP contribution in [0.3, 0.4) is 0 Å². The van der Waals surface area contributed by atoms with Gasteiger partial charge in [0.15, 0.2) is 0 Å². The molecule has 302 valence electrons. The molecule has 15 nitrogen and oxygen atoms in total. The van der Waals surface area contributed by atoms with E-state index in [1.165, 1.54) is 33.9 Å². The maximum atomic E-state index is 13.9. The van der Waals surface area contributed by atoms with E-state index in [1.54, 1.807) is 33.1 Å². The molecular formula is C40H57N5O10. The van der Waals surface area contributed by atoms with E-state index in [9.17, 15) is 43.8 Å². The first-order valence-electron chi connectivity index (χ1n) is 18.4. The number of amides is 5. The minimum atomic E-state index is -1.75. The second kappa shape index (κ2) is 21.5. The number of nitrogens with one attached hydrogen (secondary N) is 4. The average molecular weight is 768 g/mol. The maximum absolute atomic E-state index is 13.9. The number of benzene rings is 1. The van der Waals surface area contributed by atoms with Crippen LogP contribution >= 0.6 is 0 Å². The van der Waals surface area contributed by atoms with E-state index < -0.39 is 89.8 Å². The number of nitrogens with zero attached hydrogens (tertiary/aromatic N) is 1. The van der Waals surface area contributed by atoms with E-state index in [-0.39, 0.29) is 24.1 Å². The number of carboxylic acids is 2. The predicted octanol–water partition coefficient (Wildman–Crippen LogP) is 2.58. The Kier molecular flexibility index (Phi) is 18.0. The molecule has 1 aromatic carbocycles. The zero-order valence-electron chi connectivity index (χ0n) is 33.1. The van der Waals surface area contributed by atoms with Gasteiger partial charge in [0.25, 0.3) is 5.91 Å². The molecule has 5 amide bonds. The highest BCUT2D eigenvalue weighted by molar-refractivity contribution is 6.00. The van der Waals surface area contributed by atoms with Gasteiger partial charge in [-0.3, -0.25) is 24.0 Å². The lowest BCUT2D eigenvalue weighted by Crippen LogP contribution is -2.57. The first kappa shape index (κ1) is 45.8. The molecule has 8 atom stereocenters. The third kappa shape index (κ3) is 13.5. The van der Waals surface area contributed by atoms with Crippen molar-refractivity contribution < 1.29 is 48.5 Å². The third-order valence-electron chi connectivity index (χ3n) is 9.74. The predicted molar refractivity (Wildman–Crippen MR) is 205 cm³/mol. The number of carbonyl (C=O) groups is 7. The Morgan fingerprint density at radius 1 is 0.909 bits per heavy atom. The number of hydrogen-bond donors (Lipinski definition) is 6. The minimum Gasteiger partial charge on any atom is -0.480 e. The van der Waals surface area contributed by atoms with Crippen LogP contribution in [0.15, 0.2) is 65.9 Å². The summed E-state index contributed by atoms with van der Waals surface area (Å²) in [7, 11) is 2.91. The summed E-state index contributed by atoms with van der Waals surface area (Å²) in [6.07, 6.45) is 6.37. The van der Waals surface area contributed by atoms with E-state index in [1.807, 2.05) is 50.3 Å². The summed E-state index contributed by atoms with van der Waals surface area (Å²) in [5.74, 6) is -9.82. The van der Waals surface area contributed by atoms with E-state index >= 15 is 0 Å². The van der Waals surface area contributed by atoms with Crippen molar-refractivity contribution in [1.82, 2.24) is 26.2 Å². The van der Waals surface area contributed by atoms with Gasteiger partial charge in [0.05, 0.1) is 24.0 Å². The number of aliphatic carboxylic acids is 2. The van der Waals surface area contributed by atoms with Gasteiger partial charge in [-0.2, -0.15) is 0 Å². The highest BCUT2D eigenvalue weighted by Gasteiger charge is 2.37. The first-order valence-corrected chi connectivity index (χ1v) is 18.4. The Labute approximate surface area is 323 Å². The second-order valence-corrected chi connectivity index (χ2v) is 14.3. The lowest BCUT2D eigenvalue weighted by molar-refractivity contribution is -0.146. The standard InChI is InChI=1S/C40H57N5O10/c1-10-30-37(49)44-34(40(53)54)26(7)36(48)43-33(22(2)3)38(50)41-28(25(6)35(47)42-29(39(51)52)18-19-32(46)45(30)8)17-16-23(4)20-24(5)31(55-9)21-27-14-12-11-13-15-27/h10-17,20,22,24-26,28-29,31,33-34H,18-19,21H2,1-9H3,(H,41,50)(H,42,47)(H,43,48)(H,44,49)(H,51,52)(H,53,54)/b17-16+,23-20+,30-10+/t24-,25+,26-,28-,29+,31-,33-,34+/m0/s1. The highest BCUT2D eigenvalue weighted by Crippen LogP contribution is 2.19. The number of carboxylic acid groups (broad SMARTS) is 2. The van der Waals surface area contributed by atoms with Crippen molar-refractivity contribution in [1.29, 1.82) is 0 Å². The fourth-order valence-electron chi connectivity index (χ4n) is 6.11. The quantitative estimate of drug-likeness (QED) is 0.151. The molecule has 0 aromatic heterocycles. The van der Waals surface area contributed by atoms with Crippen molar-refractivity contribution in [2.75, 3.05) is 14.2 Å². The second-order valence-electron chi connectivity index (χ2n) is 14.3. The zero-order valence-corrected chi connectivity index (χ0v) is 33.1. The Morgan fingerprint density at radius 2 is 1.53 bits per heavy atom. The van der Waals surface area contributed by atoms with Crippen LogP contribution in [-0.2, 0) is 44.7 Å². The van der Waals surface area contributed by atoms with Crippen LogP contribution in [0, 0.1) is 23.7 Å². The molecule has 6 N–H and O–H groups in total. The molecule has 0 bridgehead atoms. The molecule has 1 aliphatic rings. The third-order valence-corrected chi connectivity index (χ3v) is 9.74. The molecule has 1 saturated heterocycles. The summed E-state index contributed by atoms with van der Waals surface area (Å²) in [6.45, 7) is 11.4. The van der Waals surface area contributed by atoms with Crippen LogP contribution in [-0.4, -0.2) is 101 Å². The Balaban J connectivity index is 2.57. The summed E-state index contributed by atoms with van der Waals surface area (Å²) in [6, 6.07) is 4.42. The smallest absolute Gasteiger partial charge is 0.327 e. The van der Waals surface area contributed by atoms with E-state index in [4.69, 9.17) is 4.74 Å². The molecule has 1 aromatic rings. The van der Waals surface area contributed by atoms with Crippen LogP contribution in [0.25, 0.3) is 0 Å². The molecule has 0 aliphatic carbocycles. The highest BCUT2D eigenvalue weighted by atomic mass is 16.5. The lowest BCUT2D eigenvalue weighted by Gasteiger charge is -2.29. The van der Waals surface area contributed by atoms with Crippen molar-refractivity contribution in [2.45, 2.75) is 98.0 Å². The molecule has 0 saturated carbocycles. The van der Waals surface area contributed by atoms with Gasteiger partial charge in [0, 0.05) is 26.5 Å². The molecule has 1 fully saturated rings. The molecule has 15 heteroatoms. The number of hydrogen-bond acceptors (Lipinski definition) is 8. The van der Waals surface area contributed by atoms with Gasteiger partial charge in [0.2, 0.25) is 23.6 Å². The van der Waals surface area contributed by atoms with Crippen LogP contribution < -0.4 is 21.3 Å². The molecule has 2 rings (SSSR count). The fraction of sp³-hybridized carbons (Fsp3) is 0.525. The number of carbonyl (C=O) groups excluding carboxylic acids is 5. The van der Waals surface area contributed by atoms with Gasteiger partial charge in [-0.15, -0.1) is 0 Å². The van der Waals surface area contributed by atoms with Crippen LogP contribution in [0.1, 0.15) is 66.9 Å². The van der Waals surface area contributed by atoms with Gasteiger partial charge in [0.1, 0.15) is 23.8 Å². The average Bonchev–Trinajstić information content (AvgIpc) is 3.13. The lowest BCUT2D eigenvalue weighted by atomic mass is 9.94. The van der Waals surface area contributed by atoms with E-state index in [0.29, 0.717) is 6.42 Å². The molecule has 1 aliphatic heterocycles. The van der Waals surface area contributed by atoms with Crippen molar-refractivity contribution >= 4 is 41.5 Å². The van der Waals surface area contributed by atoms with Crippen molar-refractivity contribution in [3.05, 3.63) is 71.5 Å². The zero-order chi connectivity index (χ0) is 41.6. The van der Waals surface area contributed by atoms with Crippen LogP contribution in [0.2, 0.25) is 0 Å². The molecule has 0 radical (unpaired) electrons. The van der Waals surface area contributed by atoms with Crippen LogP contribution in [0.5, 0.6) is 0 Å². The Morgan fingerprint density at radius 3 is 2.07 bits per heavy atom. The summed E-state index contributed by atoms with van der Waals surface area (Å²) >= 11 is 0. The summed E-state index contributed by atoms with van der Waals surface area (Å²) in [4.78, 5) is 92.8. The fourth-order valence-corrected chi connectivity index (χ4v) is 6.11. The van der Waals surface area contributed by atoms with Gasteiger partial charge in [-0.1, -0.05) is 94.8 Å². The van der Waals surface area contributed by atoms with Crippen molar-refractivity contribution in [3.63, 3.8) is 0 Å². The summed E-state index contributed by atoms with van der Waals surface area (Å²) < 4.78 is 5.78. The number of methoxy groups -OCH3 is 1. The summed E-state index contributed by atoms with van der Waals surface area (Å²) in [5.41, 5.74) is 1.66. The molecular weight excluding hydrogens is 710 g/mol. The molecule has 1 heterocycles. The number of likely N-dealkylation sites (N-methyl/N-ethyl adjacent to an activating group) is 1. The van der Waals surface area contributed by atoms with Gasteiger partial charge >= 0.3 is 11.9 Å². The first-order chi connectivity index (χ1) is 25.8. The van der Waals surface area contributed by atoms with Gasteiger partial charge in [-0.05, 0) is 38.2 Å². The molecule has 0 unspecified atom stereocenters. The SMILES string of the molecule is C/C=C1\C(=O)N[C@@H](C(=O)O)[C@H](C)C(=O)N[C@@H](C(C)C)C(=O)N[C@@H](/C=C/C(C)=C/[C@H](C)[C@H](Cc2ccccc2)OC)[C@@H](C)C(=O)N[C@@H](C(=O)O)CCC(=O)N1C. The number of ether oxygens (including phenoxy) is 1. The van der Waals surface area contributed by atoms with E-state index in [2.05, 4.69) is 21.3 Å². The monoisotopic (exact) mass is 767 g/mol. The van der Waals surface area contributed by atoms with Gasteiger partial charge < -0.3 is 41.1 Å². The van der Waals surface area contributed by atoms with Crippen LogP contribution in [0.4, 0.5) is 0 Å². The Bertz CT molecular complexity index is 1640. The van der Waals surface area contributed by atoms with Crippen molar-refractivity contribution in [2.24, 2.45) is 23.7 Å². The van der Waals surface area contributed by atoms with Crippen molar-refractivity contribution in [3.8, 4) is 0 Å². The molecule has 0 spiro atoms. The maximum Gasteiger partial charge on any atom is 0.327 e. The Hall–Kier alpha value is -5.31. The molecule has 55 heavy (non-hydrogen) atoms. The van der Waals surface area contributed by atoms with Gasteiger partial charge in [-0.25, -0.2) is 9.59 Å². The number of rotatable bonds is 10. The topological polar surface area (TPSA) is 221 Å². The normalized spacial score (nSPS) is 26.3. The summed E-state index contributed by atoms with van der Waals surface area (Å²) in [5, 5.41) is 30.1. The largest absolute Gasteiger partial charge is 0.480 e. The number of allylic oxidation sites excluding steroid dienone is 3. The van der Waals surface area contributed by atoms with E-state index in [0.717, 1.165) is 16.0 Å². The minimum absolute atomic E-state index is 0.0384.